The van der Waals surface area contributed by atoms with Crippen molar-refractivity contribution in [2.45, 2.75) is 192 Å². The Kier molecular flexibility index (Phi) is 37.3. The van der Waals surface area contributed by atoms with E-state index in [1.807, 2.05) is 40.4 Å². The van der Waals surface area contributed by atoms with Gasteiger partial charge in [-0.2, -0.15) is 48.1 Å². The van der Waals surface area contributed by atoms with Gasteiger partial charge in [-0.3, -0.25) is 19.9 Å². The third-order valence-corrected chi connectivity index (χ3v) is 29.6. The van der Waals surface area contributed by atoms with Crippen molar-refractivity contribution in [3.8, 4) is 34.0 Å². The molecule has 6 fully saturated rings. The topological polar surface area (TPSA) is 311 Å². The van der Waals surface area contributed by atoms with E-state index in [0.717, 1.165) is 138 Å². The van der Waals surface area contributed by atoms with Crippen LogP contribution in [0.2, 0.25) is 5.82 Å². The van der Waals surface area contributed by atoms with Crippen LogP contribution in [0, 0.1) is 3.70 Å². The van der Waals surface area contributed by atoms with Gasteiger partial charge in [0.1, 0.15) is 15.2 Å². The van der Waals surface area contributed by atoms with Gasteiger partial charge in [-0.05, 0) is 260 Å². The fourth-order valence-corrected chi connectivity index (χ4v) is 18.4. The normalized spacial score (nSPS) is 15.2. The highest BCUT2D eigenvalue weighted by Crippen LogP contribution is 2.42. The van der Waals surface area contributed by atoms with Gasteiger partial charge in [-0.25, -0.2) is 49.9 Å². The van der Waals surface area contributed by atoms with Gasteiger partial charge in [0.25, 0.3) is 0 Å². The van der Waals surface area contributed by atoms with Gasteiger partial charge in [-0.1, -0.05) is 78.2 Å². The Morgan fingerprint density at radius 1 is 0.489 bits per heavy atom. The molecule has 9 heterocycles. The van der Waals surface area contributed by atoms with Crippen molar-refractivity contribution in [2.24, 2.45) is 4.99 Å². The minimum atomic E-state index is -4.47. The van der Waals surface area contributed by atoms with E-state index in [4.69, 9.17) is 24.3 Å². The fraction of sp³-hybridized carbons (Fsp3) is 0.368. The minimum absolute atomic E-state index is 0.0881. The minimum Gasteiger partial charge on any atom is -0.497 e. The Bertz CT molecular complexity index is 6390. The number of nitrogens with one attached hydrogen (secondary N) is 1. The summed E-state index contributed by atoms with van der Waals surface area (Å²) in [5.41, 5.74) is 6.20. The van der Waals surface area contributed by atoms with Crippen LogP contribution in [0.15, 0.2) is 242 Å². The molecule has 0 bridgehead atoms. The summed E-state index contributed by atoms with van der Waals surface area (Å²) in [5, 5.41) is 16.5. The zero-order valence-electron chi connectivity index (χ0n) is 75.7. The highest BCUT2D eigenvalue weighted by molar-refractivity contribution is 14.1. The van der Waals surface area contributed by atoms with Crippen LogP contribution in [0.25, 0.3) is 22.5 Å². The van der Waals surface area contributed by atoms with Crippen LogP contribution in [0.1, 0.15) is 182 Å². The van der Waals surface area contributed by atoms with E-state index < -0.39 is 72.4 Å². The lowest BCUT2D eigenvalue weighted by atomic mass is 9.84. The molecule has 19 rings (SSSR count). The van der Waals surface area contributed by atoms with Crippen LogP contribution in [-0.4, -0.2) is 159 Å². The predicted molar refractivity (Wildman–Crippen MR) is 523 cm³/mol. The van der Waals surface area contributed by atoms with Gasteiger partial charge < -0.3 is 42.5 Å². The number of hydrogen-bond donors (Lipinski definition) is 3. The number of hydrogen-bond acceptors (Lipinski definition) is 19. The first-order valence-electron chi connectivity index (χ1n) is 44.0. The molecule has 0 spiro atoms. The van der Waals surface area contributed by atoms with Crippen molar-refractivity contribution in [2.75, 3.05) is 48.6 Å². The molecule has 3 N–H and O–H groups in total. The second kappa shape index (κ2) is 48.0. The molecule has 5 saturated carbocycles. The molecule has 2 aliphatic heterocycles. The Morgan fingerprint density at radius 3 is 1.18 bits per heavy atom. The van der Waals surface area contributed by atoms with E-state index >= 15 is 0 Å². The van der Waals surface area contributed by atoms with Crippen molar-refractivity contribution < 1.29 is 89.0 Å². The number of imidazole rings is 4. The maximum atomic E-state index is 13.5. The number of aromatic nitrogens is 11. The molecule has 0 atom stereocenters. The lowest BCUT2D eigenvalue weighted by molar-refractivity contribution is -0.138. The van der Waals surface area contributed by atoms with Crippen molar-refractivity contribution >= 4 is 105 Å². The van der Waals surface area contributed by atoms with Gasteiger partial charge in [0, 0.05) is 173 Å². The molecule has 0 unspecified atom stereocenters. The number of nitrogens with zero attached hydrogens (tertiary/aromatic N) is 14. The number of ether oxygens (including phenoxy) is 3. The number of pyridine rings is 3. The summed E-state index contributed by atoms with van der Waals surface area (Å²) in [6, 6.07) is 37.6. The Balaban J connectivity index is 0.000000155. The van der Waals surface area contributed by atoms with Crippen LogP contribution >= 0.6 is 61.1 Å². The second-order valence-electron chi connectivity index (χ2n) is 33.2. The molecule has 5 aliphatic carbocycles. The summed E-state index contributed by atoms with van der Waals surface area (Å²) in [7, 11) is -4.86. The average Bonchev–Trinajstić information content (AvgIpc) is 1.72. The van der Waals surface area contributed by atoms with Crippen molar-refractivity contribution in [1.29, 1.82) is 0 Å². The maximum absolute atomic E-state index is 13.5. The largest absolute Gasteiger partial charge is 0.497 e. The van der Waals surface area contributed by atoms with Crippen LogP contribution in [0.3, 0.4) is 0 Å². The number of benzene rings is 5. The molecule has 137 heavy (non-hydrogen) atoms. The average molecular weight is 2240 g/mol. The Hall–Kier alpha value is -9.62. The molecule has 26 nitrogen and oxygen atoms in total. The molecular formula is C95H104BBrF9I2N15O11S3. The van der Waals surface area contributed by atoms with Crippen molar-refractivity contribution in [3.05, 3.63) is 293 Å². The molecule has 0 radical (unpaired) electrons. The predicted octanol–water partition coefficient (Wildman–Crippen LogP) is 20.6. The zero-order chi connectivity index (χ0) is 98.6. The maximum Gasteiger partial charge on any atom is 0.454 e. The smallest absolute Gasteiger partial charge is 0.454 e. The van der Waals surface area contributed by atoms with E-state index in [2.05, 4.69) is 140 Å². The molecule has 1 saturated heterocycles. The highest BCUT2D eigenvalue weighted by atomic mass is 127. The quantitative estimate of drug-likeness (QED) is 0.0196. The SMILES string of the molecule is C1CCOC1.CCc1cn(C2CC2)cn1.CNS(=O)(=O)c1ccc(Cc2ccc(C(F)(F)F)cn2)c(-c2cn(C3CC3)cn2)c1.COc1ccc(CN(C)S(=O)(=O)c2ccc(Cc3ccc(C(F)(F)F)cn3)c(-c3cn(C4CC4)cn3)c2)cc1.COc1ccc(CN(C)S(=O)(=O)c2ccc(Cc3ccc(C(F)(F)F)cn3)c(Br)c2)cc1.IC1=CCC=N1.Ic1cn(C2CC2)cn1.OB(O)C1CC1. The monoisotopic (exact) mass is 2240 g/mol. The second-order valence-corrected chi connectivity index (χ2v) is 42.3. The molecule has 7 aromatic heterocycles. The summed E-state index contributed by atoms with van der Waals surface area (Å²) in [5.74, 6) is 1.57. The van der Waals surface area contributed by atoms with Gasteiger partial charge in [0.15, 0.2) is 0 Å². The lowest BCUT2D eigenvalue weighted by Crippen LogP contribution is -2.26. The number of methoxy groups -OCH3 is 2. The van der Waals surface area contributed by atoms with Crippen molar-refractivity contribution in [3.63, 3.8) is 0 Å². The van der Waals surface area contributed by atoms with E-state index in [9.17, 15) is 64.8 Å². The summed E-state index contributed by atoms with van der Waals surface area (Å²) in [6.07, 6.45) is 25.3. The highest BCUT2D eigenvalue weighted by Gasteiger charge is 2.36. The molecular weight excluding hydrogens is 2140 g/mol. The van der Waals surface area contributed by atoms with E-state index in [1.165, 1.54) is 123 Å². The summed E-state index contributed by atoms with van der Waals surface area (Å²) in [4.78, 5) is 33.4. The standard InChI is InChI=1S/C28H27F3N4O3S.C22H20BrF3N2O3S.C20H19F3N4O2S.C8H12N2.C6H7IN2.C4H4IN.C4H8O.C3H7BO2/c1-34(16-19-3-10-24(38-2)11-4-19)39(36,37)25-12-5-20(13-22-7-6-21(15-32-22)28(29,30)31)26(14-25)27-17-35(18-33-27)23-8-9-23;1-28(14-15-3-8-19(31-2)9-4-15)32(29,30)20-10-5-16(21(23)12-20)11-18-7-6-17(13-27-18)22(24,25)26;1-24-30(28,29)17-7-2-13(8-15-4-3-14(10-25-15)20(21,22)23)18(9-17)19-11-27(12-26-19)16-5-6-16;1-2-7-5-10(6-9-7)8-3-4-8;7-6-3-9(4-8-6)5-1-2-5;5-4-2-1-3-6-4;1-2-4-5-3-1;5-4(6)3-1-2-3/h3-7,10-12,14-15,17-18,23H,8-9,13,16H2,1-2H3;3-10,12-13H,11,14H2,1-2H3;2-4,7,9-12,16,24H,5-6,8H2,1H3;5-6,8H,2-4H2,1H3;3-5H,1-2H2;2-3H,1H2;1-4H2;3,5-6H,1-2H2. The van der Waals surface area contributed by atoms with Crippen LogP contribution in [0.4, 0.5) is 39.5 Å². The molecule has 7 aliphatic rings. The van der Waals surface area contributed by atoms with Gasteiger partial charge >= 0.3 is 25.6 Å². The van der Waals surface area contributed by atoms with Gasteiger partial charge in [0.2, 0.25) is 30.1 Å². The van der Waals surface area contributed by atoms with Gasteiger partial charge in [-0.15, -0.1) is 0 Å². The number of allylic oxidation sites excluding steroid dienone is 1. The summed E-state index contributed by atoms with van der Waals surface area (Å²) < 4.78 is 224. The van der Waals surface area contributed by atoms with Crippen molar-refractivity contribution in [1.82, 2.24) is 66.5 Å². The number of sulfonamides is 3. The number of aryl methyl sites for hydroxylation is 1. The molecule has 5 aromatic carbocycles. The number of aliphatic imine (C=N–C) groups is 1. The molecule has 42 heteroatoms. The fourth-order valence-electron chi connectivity index (χ4n) is 13.7. The Morgan fingerprint density at radius 2 is 0.876 bits per heavy atom. The third kappa shape index (κ3) is 32.0. The first kappa shape index (κ1) is 106. The van der Waals surface area contributed by atoms with E-state index in [0.29, 0.717) is 78.8 Å². The van der Waals surface area contributed by atoms with Crippen LogP contribution < -0.4 is 14.2 Å². The first-order chi connectivity index (χ1) is 65.2. The van der Waals surface area contributed by atoms with Crippen LogP contribution in [-0.2, 0) is 92.1 Å². The summed E-state index contributed by atoms with van der Waals surface area (Å²) >= 11 is 7.80. The summed E-state index contributed by atoms with van der Waals surface area (Å²) in [6.45, 7) is 4.48. The number of halogens is 12. The van der Waals surface area contributed by atoms with E-state index in [1.54, 1.807) is 99.7 Å². The van der Waals surface area contributed by atoms with Crippen LogP contribution in [0.5, 0.6) is 11.5 Å². The zero-order valence-corrected chi connectivity index (χ0v) is 84.0. The molecule has 730 valence electrons. The molecule has 12 aromatic rings. The lowest BCUT2D eigenvalue weighted by Gasteiger charge is -2.19. The third-order valence-electron chi connectivity index (χ3n) is 22.6. The van der Waals surface area contributed by atoms with E-state index in [-0.39, 0.29) is 52.9 Å². The first-order valence-corrected chi connectivity index (χ1v) is 51.3. The number of alkyl halides is 9. The Labute approximate surface area is 826 Å². The number of rotatable bonds is 26. The van der Waals surface area contributed by atoms with Gasteiger partial charge in [0.05, 0.1) is 91.7 Å². The molecule has 0 amide bonds.